The van der Waals surface area contributed by atoms with Crippen LogP contribution in [0.3, 0.4) is 0 Å². The quantitative estimate of drug-likeness (QED) is 0.813. The topological polar surface area (TPSA) is 83.6 Å². The predicted octanol–water partition coefficient (Wildman–Crippen LogP) is 0.881. The third-order valence-electron chi connectivity index (χ3n) is 3.99. The number of anilines is 1. The average Bonchev–Trinajstić information content (AvgIpc) is 2.60. The number of pyridine rings is 1. The van der Waals surface area contributed by atoms with Gasteiger partial charge in [0.1, 0.15) is 5.82 Å². The molecule has 0 unspecified atom stereocenters. The van der Waals surface area contributed by atoms with Crippen molar-refractivity contribution in [1.82, 2.24) is 15.2 Å². The van der Waals surface area contributed by atoms with Gasteiger partial charge in [0.25, 0.3) is 5.91 Å². The van der Waals surface area contributed by atoms with Crippen molar-refractivity contribution >= 4 is 17.6 Å². The van der Waals surface area contributed by atoms with Crippen LogP contribution < -0.4 is 10.6 Å². The summed E-state index contributed by atoms with van der Waals surface area (Å²) >= 11 is 0. The van der Waals surface area contributed by atoms with Crippen molar-refractivity contribution in [2.75, 3.05) is 39.2 Å². The number of hydrogen-bond acceptors (Lipinski definition) is 5. The number of methoxy groups -OCH3 is 1. The summed E-state index contributed by atoms with van der Waals surface area (Å²) in [6.45, 7) is 1.88. The molecule has 0 spiro atoms. The summed E-state index contributed by atoms with van der Waals surface area (Å²) in [4.78, 5) is 30.0. The lowest BCUT2D eigenvalue weighted by Crippen LogP contribution is -2.43. The molecule has 0 aliphatic carbocycles. The number of aromatic nitrogens is 1. The monoisotopic (exact) mass is 320 g/mol. The lowest BCUT2D eigenvalue weighted by atomic mass is 10.0. The summed E-state index contributed by atoms with van der Waals surface area (Å²) in [6.07, 6.45) is 3.76. The molecule has 7 nitrogen and oxygen atoms in total. The third-order valence-corrected chi connectivity index (χ3v) is 3.99. The van der Waals surface area contributed by atoms with Crippen LogP contribution in [0.25, 0.3) is 0 Å². The maximum atomic E-state index is 12.0. The maximum Gasteiger partial charge on any atom is 0.254 e. The van der Waals surface area contributed by atoms with E-state index >= 15 is 0 Å². The molecule has 1 aromatic heterocycles. The van der Waals surface area contributed by atoms with Gasteiger partial charge in [0.05, 0.1) is 18.6 Å². The molecule has 126 valence electrons. The van der Waals surface area contributed by atoms with Gasteiger partial charge in [-0.15, -0.1) is 0 Å². The number of amides is 2. The van der Waals surface area contributed by atoms with Gasteiger partial charge in [0.15, 0.2) is 0 Å². The molecule has 2 amide bonds. The van der Waals surface area contributed by atoms with Gasteiger partial charge in [-0.25, -0.2) is 4.98 Å². The average molecular weight is 320 g/mol. The fourth-order valence-corrected chi connectivity index (χ4v) is 2.65. The summed E-state index contributed by atoms with van der Waals surface area (Å²) in [5, 5.41) is 5.95. The molecule has 0 bridgehead atoms. The molecule has 7 heteroatoms. The normalized spacial score (nSPS) is 15.3. The second kappa shape index (κ2) is 8.47. The standard InChI is InChI=1S/C16H24N4O3/c1-17-16(22)13-4-3-8-18-15(13)19-12-5-9-20(10-6-12)14(21)7-11-23-2/h3-4,8,12H,5-7,9-11H2,1-2H3,(H,17,22)(H,18,19). The van der Waals surface area contributed by atoms with E-state index in [1.807, 2.05) is 4.90 Å². The summed E-state index contributed by atoms with van der Waals surface area (Å²) in [5.41, 5.74) is 0.536. The van der Waals surface area contributed by atoms with Gasteiger partial charge in [-0.3, -0.25) is 9.59 Å². The van der Waals surface area contributed by atoms with Crippen molar-refractivity contribution in [2.24, 2.45) is 0 Å². The van der Waals surface area contributed by atoms with E-state index in [0.717, 1.165) is 12.8 Å². The fraction of sp³-hybridized carbons (Fsp3) is 0.562. The summed E-state index contributed by atoms with van der Waals surface area (Å²) < 4.78 is 4.94. The Morgan fingerprint density at radius 1 is 1.39 bits per heavy atom. The largest absolute Gasteiger partial charge is 0.384 e. The maximum absolute atomic E-state index is 12.0. The number of piperidine rings is 1. The van der Waals surface area contributed by atoms with E-state index in [4.69, 9.17) is 4.74 Å². The van der Waals surface area contributed by atoms with Crippen LogP contribution in [0.5, 0.6) is 0 Å². The zero-order valence-corrected chi connectivity index (χ0v) is 13.7. The van der Waals surface area contributed by atoms with E-state index in [9.17, 15) is 9.59 Å². The minimum atomic E-state index is -0.159. The third kappa shape index (κ3) is 4.66. The van der Waals surface area contributed by atoms with E-state index in [1.54, 1.807) is 32.5 Å². The van der Waals surface area contributed by atoms with Gasteiger partial charge >= 0.3 is 0 Å². The molecule has 0 aromatic carbocycles. The summed E-state index contributed by atoms with van der Waals surface area (Å²) in [7, 11) is 3.20. The Kier molecular flexibility index (Phi) is 6.34. The minimum absolute atomic E-state index is 0.134. The minimum Gasteiger partial charge on any atom is -0.384 e. The molecular formula is C16H24N4O3. The lowest BCUT2D eigenvalue weighted by molar-refractivity contribution is -0.133. The number of nitrogens with zero attached hydrogens (tertiary/aromatic N) is 2. The van der Waals surface area contributed by atoms with Gasteiger partial charge in [-0.2, -0.15) is 0 Å². The number of carbonyl (C=O) groups excluding carboxylic acids is 2. The molecule has 1 fully saturated rings. The summed E-state index contributed by atoms with van der Waals surface area (Å²) in [5.74, 6) is 0.568. The molecule has 1 aliphatic rings. The van der Waals surface area contributed by atoms with Gasteiger partial charge in [0, 0.05) is 39.5 Å². The van der Waals surface area contributed by atoms with Crippen molar-refractivity contribution in [3.63, 3.8) is 0 Å². The first-order valence-electron chi connectivity index (χ1n) is 7.86. The Morgan fingerprint density at radius 2 is 2.13 bits per heavy atom. The predicted molar refractivity (Wildman–Crippen MR) is 87.3 cm³/mol. The second-order valence-corrected chi connectivity index (χ2v) is 5.52. The first kappa shape index (κ1) is 17.2. The van der Waals surface area contributed by atoms with Crippen LogP contribution in [0.15, 0.2) is 18.3 Å². The molecule has 0 saturated carbocycles. The number of likely N-dealkylation sites (tertiary alicyclic amines) is 1. The van der Waals surface area contributed by atoms with Gasteiger partial charge in [0.2, 0.25) is 5.91 Å². The highest BCUT2D eigenvalue weighted by Crippen LogP contribution is 2.18. The number of rotatable bonds is 6. The van der Waals surface area contributed by atoms with Crippen LogP contribution in [-0.2, 0) is 9.53 Å². The molecule has 1 saturated heterocycles. The fourth-order valence-electron chi connectivity index (χ4n) is 2.65. The van der Waals surface area contributed by atoms with Crippen molar-refractivity contribution in [2.45, 2.75) is 25.3 Å². The highest BCUT2D eigenvalue weighted by atomic mass is 16.5. The van der Waals surface area contributed by atoms with Crippen LogP contribution >= 0.6 is 0 Å². The van der Waals surface area contributed by atoms with Crippen LogP contribution in [0.2, 0.25) is 0 Å². The smallest absolute Gasteiger partial charge is 0.254 e. The molecule has 2 rings (SSSR count). The number of hydrogen-bond donors (Lipinski definition) is 2. The molecule has 0 atom stereocenters. The Morgan fingerprint density at radius 3 is 2.78 bits per heavy atom. The zero-order chi connectivity index (χ0) is 16.7. The van der Waals surface area contributed by atoms with Crippen molar-refractivity contribution in [1.29, 1.82) is 0 Å². The molecule has 2 heterocycles. The molecule has 1 aliphatic heterocycles. The molecular weight excluding hydrogens is 296 g/mol. The number of nitrogens with one attached hydrogen (secondary N) is 2. The SMILES string of the molecule is CNC(=O)c1cccnc1NC1CCN(C(=O)CCOC)CC1. The Labute approximate surface area is 136 Å². The lowest BCUT2D eigenvalue weighted by Gasteiger charge is -2.33. The van der Waals surface area contributed by atoms with Gasteiger partial charge < -0.3 is 20.3 Å². The highest BCUT2D eigenvalue weighted by Gasteiger charge is 2.23. The van der Waals surface area contributed by atoms with E-state index in [1.165, 1.54) is 0 Å². The first-order valence-corrected chi connectivity index (χ1v) is 7.86. The van der Waals surface area contributed by atoms with Crippen LogP contribution in [0.1, 0.15) is 29.6 Å². The Balaban J connectivity index is 1.90. The zero-order valence-electron chi connectivity index (χ0n) is 13.7. The van der Waals surface area contributed by atoms with Crippen LogP contribution in [-0.4, -0.2) is 61.6 Å². The first-order chi connectivity index (χ1) is 11.2. The van der Waals surface area contributed by atoms with Gasteiger partial charge in [-0.1, -0.05) is 0 Å². The molecule has 1 aromatic rings. The van der Waals surface area contributed by atoms with Crippen LogP contribution in [0.4, 0.5) is 5.82 Å². The van der Waals surface area contributed by atoms with E-state index in [0.29, 0.717) is 37.5 Å². The van der Waals surface area contributed by atoms with E-state index < -0.39 is 0 Å². The van der Waals surface area contributed by atoms with Crippen molar-refractivity contribution < 1.29 is 14.3 Å². The van der Waals surface area contributed by atoms with Crippen LogP contribution in [0, 0.1) is 0 Å². The van der Waals surface area contributed by atoms with Crippen molar-refractivity contribution in [3.05, 3.63) is 23.9 Å². The summed E-state index contributed by atoms with van der Waals surface area (Å²) in [6, 6.07) is 3.70. The highest BCUT2D eigenvalue weighted by molar-refractivity contribution is 5.98. The number of ether oxygens (including phenoxy) is 1. The molecule has 0 radical (unpaired) electrons. The molecule has 2 N–H and O–H groups in total. The van der Waals surface area contributed by atoms with E-state index in [2.05, 4.69) is 15.6 Å². The number of carbonyl (C=O) groups is 2. The van der Waals surface area contributed by atoms with Crippen molar-refractivity contribution in [3.8, 4) is 0 Å². The Hall–Kier alpha value is -2.15. The van der Waals surface area contributed by atoms with Gasteiger partial charge in [-0.05, 0) is 25.0 Å². The molecule has 23 heavy (non-hydrogen) atoms. The Bertz CT molecular complexity index is 542. The van der Waals surface area contributed by atoms with E-state index in [-0.39, 0.29) is 17.9 Å². The second-order valence-electron chi connectivity index (χ2n) is 5.52.